The van der Waals surface area contributed by atoms with Gasteiger partial charge in [0.25, 0.3) is 0 Å². The monoisotopic (exact) mass is 216 g/mol. The van der Waals surface area contributed by atoms with Crippen LogP contribution in [-0.2, 0) is 4.43 Å². The molecule has 0 atom stereocenters. The molecule has 1 rings (SSSR count). The Kier molecular flexibility index (Phi) is 5.09. The maximum absolute atomic E-state index is 5.82. The van der Waals surface area contributed by atoms with E-state index in [2.05, 4.69) is 24.5 Å². The van der Waals surface area contributed by atoms with E-state index in [1.54, 1.807) is 0 Å². The molecule has 0 spiro atoms. The van der Waals surface area contributed by atoms with Crippen LogP contribution in [0.15, 0.2) is 0 Å². The lowest BCUT2D eigenvalue weighted by Gasteiger charge is -2.39. The maximum atomic E-state index is 5.82. The predicted octanol–water partition coefficient (Wildman–Crippen LogP) is 0.346. The summed E-state index contributed by atoms with van der Waals surface area (Å²) in [6, 6.07) is 0. The van der Waals surface area contributed by atoms with Crippen molar-refractivity contribution in [1.82, 2.24) is 10.6 Å². The molecule has 3 nitrogen and oxygen atoms in total. The molecule has 0 saturated heterocycles. The fourth-order valence-electron chi connectivity index (χ4n) is 2.52. The molecule has 4 heteroatoms. The average Bonchev–Trinajstić information content (AvgIpc) is 2.70. The molecule has 2 N–H and O–H groups in total. The summed E-state index contributed by atoms with van der Waals surface area (Å²) in [5.41, 5.74) is 0. The zero-order valence-electron chi connectivity index (χ0n) is 9.73. The van der Waals surface area contributed by atoms with Gasteiger partial charge in [0.1, 0.15) is 10.5 Å². The van der Waals surface area contributed by atoms with Crippen molar-refractivity contribution < 1.29 is 4.43 Å². The first kappa shape index (κ1) is 12.2. The van der Waals surface area contributed by atoms with Crippen molar-refractivity contribution in [2.75, 3.05) is 13.1 Å². The molecule has 84 valence electrons. The highest BCUT2D eigenvalue weighted by Crippen LogP contribution is 2.32. The van der Waals surface area contributed by atoms with Crippen molar-refractivity contribution in [3.8, 4) is 0 Å². The Morgan fingerprint density at radius 2 is 1.71 bits per heavy atom. The van der Waals surface area contributed by atoms with E-state index >= 15 is 0 Å². The van der Waals surface area contributed by atoms with Crippen molar-refractivity contribution in [1.29, 1.82) is 0 Å². The van der Waals surface area contributed by atoms with E-state index in [1.165, 1.54) is 25.7 Å². The smallest absolute Gasteiger partial charge is 0.167 e. The van der Waals surface area contributed by atoms with Gasteiger partial charge < -0.3 is 4.43 Å². The molecule has 0 aliphatic heterocycles. The Morgan fingerprint density at radius 3 is 2.07 bits per heavy atom. The molecule has 0 bridgehead atoms. The summed E-state index contributed by atoms with van der Waals surface area (Å²) in [6.45, 7) is 6.21. The van der Waals surface area contributed by atoms with Crippen LogP contribution < -0.4 is 10.6 Å². The van der Waals surface area contributed by atoms with Crippen molar-refractivity contribution in [2.45, 2.75) is 45.4 Å². The molecule has 1 aliphatic carbocycles. The van der Waals surface area contributed by atoms with Crippen LogP contribution in [0.5, 0.6) is 0 Å². The van der Waals surface area contributed by atoms with Crippen LogP contribution in [0.25, 0.3) is 0 Å². The summed E-state index contributed by atoms with van der Waals surface area (Å²) in [5.74, 6) is 0.437. The van der Waals surface area contributed by atoms with Crippen molar-refractivity contribution in [2.24, 2.45) is 5.92 Å². The molecule has 0 heterocycles. The van der Waals surface area contributed by atoms with E-state index in [0.29, 0.717) is 5.92 Å². The summed E-state index contributed by atoms with van der Waals surface area (Å²) in [7, 11) is 0.784. The molecule has 0 unspecified atom stereocenters. The second-order valence-electron chi connectivity index (χ2n) is 3.98. The number of rotatable bonds is 6. The first-order valence-electron chi connectivity index (χ1n) is 5.84. The highest BCUT2D eigenvalue weighted by atomic mass is 28.2. The maximum Gasteiger partial charge on any atom is 0.167 e. The Labute approximate surface area is 90.5 Å². The topological polar surface area (TPSA) is 33.3 Å². The molecule has 0 aromatic heterocycles. The minimum absolute atomic E-state index is 0.216. The Bertz CT molecular complexity index is 154. The second-order valence-corrected chi connectivity index (χ2v) is 4.39. The lowest BCUT2D eigenvalue weighted by molar-refractivity contribution is -0.0450. The number of hydrogen-bond donors (Lipinski definition) is 2. The molecule has 1 saturated carbocycles. The van der Waals surface area contributed by atoms with E-state index in [1.807, 2.05) is 0 Å². The van der Waals surface area contributed by atoms with Gasteiger partial charge >= 0.3 is 0 Å². The minimum Gasteiger partial charge on any atom is -0.399 e. The van der Waals surface area contributed by atoms with Gasteiger partial charge in [0.05, 0.1) is 0 Å². The van der Waals surface area contributed by atoms with Gasteiger partial charge in [-0.1, -0.05) is 26.7 Å². The van der Waals surface area contributed by atoms with E-state index in [4.69, 9.17) is 4.43 Å². The highest BCUT2D eigenvalue weighted by Gasteiger charge is 2.38. The normalized spacial score (nSPS) is 19.3. The summed E-state index contributed by atoms with van der Waals surface area (Å²) in [5, 5.41) is 6.98. The van der Waals surface area contributed by atoms with E-state index in [9.17, 15) is 0 Å². The fourth-order valence-corrected chi connectivity index (χ4v) is 3.14. The molecule has 1 fully saturated rings. The second kappa shape index (κ2) is 5.85. The zero-order chi connectivity index (χ0) is 10.4. The predicted molar refractivity (Wildman–Crippen MR) is 63.1 cm³/mol. The van der Waals surface area contributed by atoms with E-state index < -0.39 is 0 Å². The van der Waals surface area contributed by atoms with Crippen LogP contribution in [-0.4, -0.2) is 29.4 Å². The third kappa shape index (κ3) is 2.57. The van der Waals surface area contributed by atoms with Gasteiger partial charge in [-0.3, -0.25) is 10.6 Å². The third-order valence-electron chi connectivity index (χ3n) is 3.13. The number of nitrogens with one attached hydrogen (secondary N) is 2. The lowest BCUT2D eigenvalue weighted by Crippen LogP contribution is -2.62. The SMILES string of the molecule is CCNC(NCC)(O[SiH3])C1CCCC1. The molecule has 1 aliphatic rings. The standard InChI is InChI=1S/C10H24N2OSi/c1-3-11-10(13-14,12-4-2)9-7-5-6-8-9/h9,11-12H,3-8H2,1-2,14H3. The van der Waals surface area contributed by atoms with E-state index in [0.717, 1.165) is 23.6 Å². The third-order valence-corrected chi connectivity index (χ3v) is 3.77. The van der Waals surface area contributed by atoms with Gasteiger partial charge in [0, 0.05) is 5.92 Å². The van der Waals surface area contributed by atoms with Gasteiger partial charge in [-0.25, -0.2) is 0 Å². The van der Waals surface area contributed by atoms with Crippen LogP contribution in [0, 0.1) is 5.92 Å². The first-order chi connectivity index (χ1) is 6.79. The van der Waals surface area contributed by atoms with Crippen molar-refractivity contribution >= 4 is 10.5 Å². The molecule has 0 aromatic carbocycles. The van der Waals surface area contributed by atoms with Gasteiger partial charge in [0.2, 0.25) is 0 Å². The minimum atomic E-state index is -0.216. The molecule has 0 aromatic rings. The first-order valence-corrected chi connectivity index (χ1v) is 6.66. The summed E-state index contributed by atoms with van der Waals surface area (Å²) in [4.78, 5) is 0. The molecule has 0 radical (unpaired) electrons. The average molecular weight is 216 g/mol. The van der Waals surface area contributed by atoms with Gasteiger partial charge in [-0.05, 0) is 25.9 Å². The van der Waals surface area contributed by atoms with Crippen molar-refractivity contribution in [3.63, 3.8) is 0 Å². The van der Waals surface area contributed by atoms with Gasteiger partial charge in [0.15, 0.2) is 5.85 Å². The quantitative estimate of drug-likeness (QED) is 0.496. The highest BCUT2D eigenvalue weighted by molar-refractivity contribution is 5.98. The Morgan fingerprint density at radius 1 is 1.21 bits per heavy atom. The Hall–Kier alpha value is 0.0969. The lowest BCUT2D eigenvalue weighted by atomic mass is 10.0. The zero-order valence-corrected chi connectivity index (χ0v) is 11.7. The van der Waals surface area contributed by atoms with Gasteiger partial charge in [-0.2, -0.15) is 0 Å². The van der Waals surface area contributed by atoms with Crippen LogP contribution >= 0.6 is 0 Å². The van der Waals surface area contributed by atoms with Crippen LogP contribution in [0.2, 0.25) is 0 Å². The summed E-state index contributed by atoms with van der Waals surface area (Å²) >= 11 is 0. The van der Waals surface area contributed by atoms with Crippen molar-refractivity contribution in [3.05, 3.63) is 0 Å². The molecule has 0 amide bonds. The molecule has 14 heavy (non-hydrogen) atoms. The Balaban J connectivity index is 2.64. The summed E-state index contributed by atoms with van der Waals surface area (Å²) < 4.78 is 5.82. The fraction of sp³-hybridized carbons (Fsp3) is 1.00. The van der Waals surface area contributed by atoms with Crippen LogP contribution in [0.1, 0.15) is 39.5 Å². The summed E-state index contributed by atoms with van der Waals surface area (Å²) in [6.07, 6.45) is 5.30. The van der Waals surface area contributed by atoms with Crippen LogP contribution in [0.4, 0.5) is 0 Å². The molecular weight excluding hydrogens is 192 g/mol. The van der Waals surface area contributed by atoms with Gasteiger partial charge in [-0.15, -0.1) is 0 Å². The van der Waals surface area contributed by atoms with Crippen LogP contribution in [0.3, 0.4) is 0 Å². The van der Waals surface area contributed by atoms with E-state index in [-0.39, 0.29) is 5.85 Å². The number of hydrogen-bond acceptors (Lipinski definition) is 3. The largest absolute Gasteiger partial charge is 0.399 e. The molecular formula is C10H24N2OSi.